The van der Waals surface area contributed by atoms with Crippen LogP contribution < -0.4 is 21.8 Å². The molecule has 9 nitrogen and oxygen atoms in total. The van der Waals surface area contributed by atoms with Gasteiger partial charge in [0.05, 0.1) is 65.3 Å². The fourth-order valence-electron chi connectivity index (χ4n) is 3.99. The van der Waals surface area contributed by atoms with Crippen molar-refractivity contribution in [3.8, 4) is 11.5 Å². The van der Waals surface area contributed by atoms with Crippen LogP contribution in [0.5, 0.6) is 11.5 Å². The predicted octanol–water partition coefficient (Wildman–Crippen LogP) is -1.43. The quantitative estimate of drug-likeness (QED) is 0.155. The molecule has 1 aromatic heterocycles. The SMILES string of the molecule is [NH3+]CCCN=c1ccc2c3c1c(O)c1c(O)ccc(=O)c1c3[nH]n2CC[NH2+]CCO. The first-order valence-electron chi connectivity index (χ1n) is 10.2. The van der Waals surface area contributed by atoms with E-state index >= 15 is 0 Å². The van der Waals surface area contributed by atoms with Crippen molar-refractivity contribution in [2.45, 2.75) is 13.0 Å². The largest absolute Gasteiger partial charge is 0.507 e. The molecule has 9 N–H and O–H groups in total. The van der Waals surface area contributed by atoms with Crippen molar-refractivity contribution in [2.75, 3.05) is 32.8 Å². The molecule has 0 fully saturated rings. The lowest BCUT2D eigenvalue weighted by molar-refractivity contribution is -0.657. The number of hydrogen-bond acceptors (Lipinski definition) is 5. The van der Waals surface area contributed by atoms with Crippen LogP contribution in [-0.2, 0) is 6.54 Å². The van der Waals surface area contributed by atoms with E-state index in [2.05, 4.69) is 15.8 Å². The van der Waals surface area contributed by atoms with Crippen LogP contribution in [0, 0.1) is 0 Å². The number of aliphatic hydroxyl groups excluding tert-OH is 1. The Hall–Kier alpha value is -3.14. The Kier molecular flexibility index (Phi) is 5.58. The Morgan fingerprint density at radius 3 is 2.67 bits per heavy atom. The second-order valence-corrected chi connectivity index (χ2v) is 7.35. The lowest BCUT2D eigenvalue weighted by Crippen LogP contribution is -2.85. The molecule has 0 radical (unpaired) electrons. The van der Waals surface area contributed by atoms with Crippen LogP contribution in [0.2, 0.25) is 0 Å². The molecule has 0 aliphatic carbocycles. The number of quaternary nitrogens is 2. The van der Waals surface area contributed by atoms with E-state index in [0.29, 0.717) is 35.9 Å². The van der Waals surface area contributed by atoms with Crippen molar-refractivity contribution in [1.29, 1.82) is 0 Å². The molecule has 0 spiro atoms. The number of phenols is 2. The maximum absolute atomic E-state index is 12.7. The van der Waals surface area contributed by atoms with Gasteiger partial charge in [-0.25, -0.2) is 0 Å². The minimum Gasteiger partial charge on any atom is -0.507 e. The van der Waals surface area contributed by atoms with Gasteiger partial charge in [-0.3, -0.25) is 19.6 Å². The molecule has 0 aliphatic heterocycles. The summed E-state index contributed by atoms with van der Waals surface area (Å²) in [5.41, 5.74) is 4.98. The van der Waals surface area contributed by atoms with Crippen LogP contribution >= 0.6 is 0 Å². The third-order valence-corrected chi connectivity index (χ3v) is 5.40. The fourth-order valence-corrected chi connectivity index (χ4v) is 3.99. The number of fused-ring (bicyclic) bond motifs is 2. The average molecular weight is 413 g/mol. The van der Waals surface area contributed by atoms with Crippen molar-refractivity contribution < 1.29 is 26.4 Å². The molecular weight excluding hydrogens is 386 g/mol. The van der Waals surface area contributed by atoms with Gasteiger partial charge in [0.25, 0.3) is 0 Å². The van der Waals surface area contributed by atoms with E-state index in [9.17, 15) is 15.0 Å². The Balaban J connectivity index is 2.06. The monoisotopic (exact) mass is 413 g/mol. The zero-order chi connectivity index (χ0) is 21.3. The standard InChI is InChI=1S/C21H25N5O4/c22-6-1-7-24-12-2-3-13-17-16(12)21(30)19-15(29)5-4-14(28)18(19)20(17)25-26(13)10-8-23-9-11-27/h2-5,23,25,27,29-30H,1,6-11,22H2/p+2. The predicted molar refractivity (Wildman–Crippen MR) is 114 cm³/mol. The molecule has 0 bridgehead atoms. The number of aliphatic hydroxyl groups is 1. The number of aromatic nitrogens is 2. The highest BCUT2D eigenvalue weighted by Gasteiger charge is 2.22. The second kappa shape index (κ2) is 8.31. The van der Waals surface area contributed by atoms with Crippen LogP contribution in [0.4, 0.5) is 0 Å². The Bertz CT molecular complexity index is 1320. The number of rotatable bonds is 8. The number of nitrogens with two attached hydrogens (primary N) is 1. The van der Waals surface area contributed by atoms with Gasteiger partial charge >= 0.3 is 0 Å². The van der Waals surface area contributed by atoms with Crippen molar-refractivity contribution in [1.82, 2.24) is 9.78 Å². The Morgan fingerprint density at radius 2 is 1.90 bits per heavy atom. The normalized spacial score (nSPS) is 12.7. The van der Waals surface area contributed by atoms with Crippen molar-refractivity contribution in [2.24, 2.45) is 4.99 Å². The summed E-state index contributed by atoms with van der Waals surface area (Å²) in [7, 11) is 0. The van der Waals surface area contributed by atoms with Gasteiger partial charge in [0.15, 0.2) is 5.43 Å². The zero-order valence-electron chi connectivity index (χ0n) is 16.7. The average Bonchev–Trinajstić information content (AvgIpc) is 3.10. The first-order valence-corrected chi connectivity index (χ1v) is 10.2. The number of nitrogens with one attached hydrogen (secondary N) is 1. The van der Waals surface area contributed by atoms with Gasteiger partial charge < -0.3 is 26.4 Å². The van der Waals surface area contributed by atoms with E-state index in [1.807, 2.05) is 22.1 Å². The van der Waals surface area contributed by atoms with E-state index in [0.717, 1.165) is 30.4 Å². The maximum Gasteiger partial charge on any atom is 0.189 e. The molecule has 4 rings (SSSR count). The van der Waals surface area contributed by atoms with E-state index < -0.39 is 0 Å². The van der Waals surface area contributed by atoms with Gasteiger partial charge in [0, 0.05) is 18.4 Å². The molecule has 0 aliphatic rings. The van der Waals surface area contributed by atoms with Crippen LogP contribution in [0.25, 0.3) is 32.6 Å². The molecular formula is C21H27N5O4+2. The van der Waals surface area contributed by atoms with Gasteiger partial charge in [-0.15, -0.1) is 0 Å². The van der Waals surface area contributed by atoms with Crippen molar-refractivity contribution >= 4 is 32.6 Å². The lowest BCUT2D eigenvalue weighted by Gasteiger charge is -2.08. The molecule has 9 heteroatoms. The third kappa shape index (κ3) is 3.26. The minimum absolute atomic E-state index is 0.110. The summed E-state index contributed by atoms with van der Waals surface area (Å²) in [6.07, 6.45) is 0.825. The van der Waals surface area contributed by atoms with E-state index in [4.69, 9.17) is 5.11 Å². The number of aromatic hydroxyl groups is 2. The second-order valence-electron chi connectivity index (χ2n) is 7.35. The van der Waals surface area contributed by atoms with E-state index in [1.165, 1.54) is 12.1 Å². The third-order valence-electron chi connectivity index (χ3n) is 5.40. The molecule has 0 amide bonds. The smallest absolute Gasteiger partial charge is 0.189 e. The zero-order valence-corrected chi connectivity index (χ0v) is 16.7. The molecule has 30 heavy (non-hydrogen) atoms. The Morgan fingerprint density at radius 1 is 1.07 bits per heavy atom. The van der Waals surface area contributed by atoms with Crippen molar-refractivity contribution in [3.05, 3.63) is 39.8 Å². The number of hydrogen-bond donors (Lipinski definition) is 6. The topological polar surface area (TPSA) is 155 Å². The van der Waals surface area contributed by atoms with Gasteiger partial charge in [0.2, 0.25) is 0 Å². The van der Waals surface area contributed by atoms with Crippen LogP contribution in [0.1, 0.15) is 6.42 Å². The van der Waals surface area contributed by atoms with Gasteiger partial charge in [-0.1, -0.05) is 0 Å². The molecule has 0 saturated heterocycles. The minimum atomic E-state index is -0.276. The summed E-state index contributed by atoms with van der Waals surface area (Å²) in [6.45, 7) is 3.42. The molecule has 0 saturated carbocycles. The summed E-state index contributed by atoms with van der Waals surface area (Å²) in [5, 5.41) is 38.1. The van der Waals surface area contributed by atoms with Crippen LogP contribution in [-0.4, -0.2) is 57.9 Å². The highest BCUT2D eigenvalue weighted by molar-refractivity contribution is 6.23. The van der Waals surface area contributed by atoms with E-state index in [-0.39, 0.29) is 34.3 Å². The molecule has 3 aromatic carbocycles. The number of H-pyrrole nitrogens is 1. The number of aromatic amines is 1. The van der Waals surface area contributed by atoms with Crippen LogP contribution in [0.3, 0.4) is 0 Å². The van der Waals surface area contributed by atoms with E-state index in [1.54, 1.807) is 0 Å². The summed E-state index contributed by atoms with van der Waals surface area (Å²) < 4.78 is 1.92. The molecule has 1 heterocycles. The van der Waals surface area contributed by atoms with Gasteiger partial charge in [-0.05, 0) is 24.3 Å². The first-order chi connectivity index (χ1) is 14.6. The lowest BCUT2D eigenvalue weighted by atomic mass is 9.99. The van der Waals surface area contributed by atoms with Crippen LogP contribution in [0.15, 0.2) is 34.1 Å². The molecule has 0 atom stereocenters. The summed E-state index contributed by atoms with van der Waals surface area (Å²) in [4.78, 5) is 17.3. The summed E-state index contributed by atoms with van der Waals surface area (Å²) >= 11 is 0. The first kappa shape index (κ1) is 20.1. The number of phenolic OH excluding ortho intramolecular Hbond substituents is 2. The van der Waals surface area contributed by atoms with Gasteiger partial charge in [0.1, 0.15) is 11.5 Å². The van der Waals surface area contributed by atoms with Crippen molar-refractivity contribution in [3.63, 3.8) is 0 Å². The summed E-state index contributed by atoms with van der Waals surface area (Å²) in [5.74, 6) is -0.282. The Labute approximate surface area is 171 Å². The number of benzene rings is 3. The highest BCUT2D eigenvalue weighted by atomic mass is 16.3. The molecule has 0 unspecified atom stereocenters. The summed E-state index contributed by atoms with van der Waals surface area (Å²) in [6, 6.07) is 6.40. The molecule has 158 valence electrons. The van der Waals surface area contributed by atoms with Gasteiger partial charge in [-0.2, -0.15) is 0 Å². The number of nitrogens with zero attached hydrogens (tertiary/aromatic N) is 2. The molecule has 4 aromatic rings. The fraction of sp³-hybridized carbons (Fsp3) is 0.333. The maximum atomic E-state index is 12.7. The highest BCUT2D eigenvalue weighted by Crippen LogP contribution is 2.41.